The molecule has 2 aromatic carbocycles. The summed E-state index contributed by atoms with van der Waals surface area (Å²) < 4.78 is 6.40. The van der Waals surface area contributed by atoms with Gasteiger partial charge in [0.1, 0.15) is 0 Å². The fourth-order valence-corrected chi connectivity index (χ4v) is 2.74. The van der Waals surface area contributed by atoms with Crippen molar-refractivity contribution in [3.8, 4) is 0 Å². The molecule has 5 nitrogen and oxygen atoms in total. The first-order valence-electron chi connectivity index (χ1n) is 7.99. The van der Waals surface area contributed by atoms with Crippen LogP contribution in [0.1, 0.15) is 29.8 Å². The van der Waals surface area contributed by atoms with Crippen LogP contribution in [0.2, 0.25) is 0 Å². The molecule has 0 heterocycles. The Morgan fingerprint density at radius 3 is 2.60 bits per heavy atom. The van der Waals surface area contributed by atoms with Crippen LogP contribution in [0.15, 0.2) is 48.5 Å². The summed E-state index contributed by atoms with van der Waals surface area (Å²) >= 11 is 2.09. The van der Waals surface area contributed by atoms with Crippen LogP contribution in [0.3, 0.4) is 0 Å². The van der Waals surface area contributed by atoms with Crippen LogP contribution in [-0.2, 0) is 16.1 Å². The molecule has 6 heteroatoms. The van der Waals surface area contributed by atoms with Crippen molar-refractivity contribution in [3.05, 3.63) is 63.2 Å². The van der Waals surface area contributed by atoms with Crippen molar-refractivity contribution in [3.63, 3.8) is 0 Å². The Labute approximate surface area is 161 Å². The molecule has 0 unspecified atom stereocenters. The van der Waals surface area contributed by atoms with E-state index in [4.69, 9.17) is 4.74 Å². The van der Waals surface area contributed by atoms with Crippen molar-refractivity contribution in [2.75, 3.05) is 11.9 Å². The van der Waals surface area contributed by atoms with E-state index in [-0.39, 0.29) is 24.5 Å². The number of hydrogen-bond acceptors (Lipinski definition) is 3. The Balaban J connectivity index is 1.87. The predicted molar refractivity (Wildman–Crippen MR) is 106 cm³/mol. The molecule has 0 atom stereocenters. The third-order valence-electron chi connectivity index (χ3n) is 3.32. The summed E-state index contributed by atoms with van der Waals surface area (Å²) in [6.07, 6.45) is 0.147. The van der Waals surface area contributed by atoms with Crippen LogP contribution in [0.25, 0.3) is 0 Å². The van der Waals surface area contributed by atoms with Gasteiger partial charge in [-0.3, -0.25) is 9.59 Å². The highest BCUT2D eigenvalue weighted by Gasteiger charge is 2.11. The minimum atomic E-state index is -0.277. The molecule has 0 saturated carbocycles. The lowest BCUT2D eigenvalue weighted by Crippen LogP contribution is -2.33. The lowest BCUT2D eigenvalue weighted by Gasteiger charge is -2.10. The van der Waals surface area contributed by atoms with Crippen molar-refractivity contribution in [1.29, 1.82) is 0 Å². The largest absolute Gasteiger partial charge is 0.374 e. The second-order valence-electron chi connectivity index (χ2n) is 5.77. The van der Waals surface area contributed by atoms with E-state index in [1.165, 1.54) is 0 Å². The molecule has 0 aliphatic rings. The molecule has 0 spiro atoms. The first kappa shape index (κ1) is 19.4. The average Bonchev–Trinajstić information content (AvgIpc) is 2.58. The predicted octanol–water partition coefficient (Wildman–Crippen LogP) is 3.58. The zero-order chi connectivity index (χ0) is 18.2. The van der Waals surface area contributed by atoms with E-state index in [0.29, 0.717) is 17.9 Å². The van der Waals surface area contributed by atoms with E-state index in [0.717, 1.165) is 9.13 Å². The maximum atomic E-state index is 12.1. The molecule has 0 aliphatic carbocycles. The minimum absolute atomic E-state index is 0.0868. The highest BCUT2D eigenvalue weighted by molar-refractivity contribution is 14.1. The van der Waals surface area contributed by atoms with Gasteiger partial charge in [0.2, 0.25) is 5.91 Å². The second kappa shape index (κ2) is 9.53. The Morgan fingerprint density at radius 2 is 1.88 bits per heavy atom. The van der Waals surface area contributed by atoms with Crippen molar-refractivity contribution >= 4 is 40.1 Å². The first-order valence-corrected chi connectivity index (χ1v) is 9.06. The van der Waals surface area contributed by atoms with Gasteiger partial charge in [-0.05, 0) is 66.3 Å². The minimum Gasteiger partial charge on any atom is -0.374 e. The molecule has 2 aromatic rings. The van der Waals surface area contributed by atoms with Gasteiger partial charge in [-0.15, -0.1) is 0 Å². The number of rotatable bonds is 7. The average molecular weight is 452 g/mol. The number of halogens is 1. The summed E-state index contributed by atoms with van der Waals surface area (Å²) in [7, 11) is 0. The molecule has 0 saturated heterocycles. The molecule has 0 aromatic heterocycles. The van der Waals surface area contributed by atoms with Gasteiger partial charge >= 0.3 is 0 Å². The van der Waals surface area contributed by atoms with Crippen LogP contribution in [-0.4, -0.2) is 24.5 Å². The highest BCUT2D eigenvalue weighted by Crippen LogP contribution is 2.13. The van der Waals surface area contributed by atoms with Gasteiger partial charge in [-0.2, -0.15) is 0 Å². The monoisotopic (exact) mass is 452 g/mol. The zero-order valence-corrected chi connectivity index (χ0v) is 16.4. The summed E-state index contributed by atoms with van der Waals surface area (Å²) in [6, 6.07) is 14.7. The number of nitrogens with one attached hydrogen (secondary N) is 2. The molecule has 2 N–H and O–H groups in total. The van der Waals surface area contributed by atoms with Crippen LogP contribution in [0, 0.1) is 3.57 Å². The van der Waals surface area contributed by atoms with Gasteiger partial charge in [0.05, 0.1) is 24.8 Å². The van der Waals surface area contributed by atoms with Gasteiger partial charge in [0.25, 0.3) is 5.91 Å². The van der Waals surface area contributed by atoms with Crippen LogP contribution in [0.5, 0.6) is 0 Å². The normalized spacial score (nSPS) is 10.6. The topological polar surface area (TPSA) is 67.4 Å². The summed E-state index contributed by atoms with van der Waals surface area (Å²) in [5.74, 6) is -0.541. The Bertz CT molecular complexity index is 747. The quantitative estimate of drug-likeness (QED) is 0.632. The summed E-state index contributed by atoms with van der Waals surface area (Å²) in [4.78, 5) is 24.2. The highest BCUT2D eigenvalue weighted by atomic mass is 127. The molecule has 25 heavy (non-hydrogen) atoms. The number of benzene rings is 2. The van der Waals surface area contributed by atoms with Crippen molar-refractivity contribution in [2.24, 2.45) is 0 Å². The van der Waals surface area contributed by atoms with Gasteiger partial charge in [-0.25, -0.2) is 0 Å². The lowest BCUT2D eigenvalue weighted by atomic mass is 10.2. The summed E-state index contributed by atoms with van der Waals surface area (Å²) in [6.45, 7) is 4.35. The van der Waals surface area contributed by atoms with Crippen molar-refractivity contribution < 1.29 is 14.3 Å². The maximum absolute atomic E-state index is 12.1. The van der Waals surface area contributed by atoms with Crippen LogP contribution in [0.4, 0.5) is 5.69 Å². The van der Waals surface area contributed by atoms with Crippen LogP contribution < -0.4 is 10.6 Å². The van der Waals surface area contributed by atoms with Gasteiger partial charge in [0.15, 0.2) is 0 Å². The Kier molecular flexibility index (Phi) is 7.39. The van der Waals surface area contributed by atoms with E-state index in [1.807, 2.05) is 44.2 Å². The van der Waals surface area contributed by atoms with E-state index in [1.54, 1.807) is 18.2 Å². The fourth-order valence-electron chi connectivity index (χ4n) is 2.11. The van der Waals surface area contributed by atoms with E-state index < -0.39 is 0 Å². The van der Waals surface area contributed by atoms with Crippen molar-refractivity contribution in [1.82, 2.24) is 5.32 Å². The third kappa shape index (κ3) is 6.47. The number of ether oxygens (including phenoxy) is 1. The second-order valence-corrected chi connectivity index (χ2v) is 6.93. The maximum Gasteiger partial charge on any atom is 0.252 e. The molecule has 0 bridgehead atoms. The fraction of sp³-hybridized carbons (Fsp3) is 0.263. The van der Waals surface area contributed by atoms with E-state index in [9.17, 15) is 9.59 Å². The molecule has 2 amide bonds. The van der Waals surface area contributed by atoms with Gasteiger partial charge < -0.3 is 15.4 Å². The Hall–Kier alpha value is -1.93. The number of carbonyl (C=O) groups excluding carboxylic acids is 2. The molecule has 0 aliphatic heterocycles. The Morgan fingerprint density at radius 1 is 1.12 bits per heavy atom. The first-order chi connectivity index (χ1) is 12.0. The number of amides is 2. The molecule has 132 valence electrons. The van der Waals surface area contributed by atoms with Crippen molar-refractivity contribution in [2.45, 2.75) is 26.6 Å². The van der Waals surface area contributed by atoms with E-state index in [2.05, 4.69) is 33.2 Å². The zero-order valence-electron chi connectivity index (χ0n) is 14.2. The molecule has 0 radical (unpaired) electrons. The third-order valence-corrected chi connectivity index (χ3v) is 4.26. The van der Waals surface area contributed by atoms with Crippen LogP contribution >= 0.6 is 22.6 Å². The molecular weight excluding hydrogens is 431 g/mol. The van der Waals surface area contributed by atoms with Gasteiger partial charge in [-0.1, -0.05) is 24.3 Å². The smallest absolute Gasteiger partial charge is 0.252 e. The number of anilines is 1. The number of hydrogen-bond donors (Lipinski definition) is 2. The van der Waals surface area contributed by atoms with E-state index >= 15 is 0 Å². The van der Waals surface area contributed by atoms with Gasteiger partial charge in [0, 0.05) is 9.26 Å². The number of carbonyl (C=O) groups is 2. The summed E-state index contributed by atoms with van der Waals surface area (Å²) in [5.41, 5.74) is 2.22. The molecular formula is C19H21IN2O3. The molecule has 0 fully saturated rings. The molecule has 2 rings (SSSR count). The standard InChI is InChI=1S/C19H21IN2O3/c1-13(2)25-12-14-6-5-7-15(10-14)22-18(23)11-21-19(24)16-8-3-4-9-17(16)20/h3-10,13H,11-12H2,1-2H3,(H,21,24)(H,22,23). The summed E-state index contributed by atoms with van der Waals surface area (Å²) in [5, 5.41) is 5.41. The SMILES string of the molecule is CC(C)OCc1cccc(NC(=O)CNC(=O)c2ccccc2I)c1. The lowest BCUT2D eigenvalue weighted by molar-refractivity contribution is -0.115.